The number of ether oxygens (including phenoxy) is 2. The Hall–Kier alpha value is -1.75. The molecule has 0 radical (unpaired) electrons. The summed E-state index contributed by atoms with van der Waals surface area (Å²) in [5.74, 6) is 2.23. The van der Waals surface area contributed by atoms with Crippen LogP contribution in [-0.4, -0.2) is 32.7 Å². The summed E-state index contributed by atoms with van der Waals surface area (Å²) < 4.78 is 10.5. The summed E-state index contributed by atoms with van der Waals surface area (Å²) in [6.45, 7) is 3.03. The van der Waals surface area contributed by atoms with Gasteiger partial charge < -0.3 is 20.1 Å². The largest absolute Gasteiger partial charge is 0.497 e. The molecule has 0 aromatic heterocycles. The average molecular weight is 348 g/mol. The van der Waals surface area contributed by atoms with Crippen LogP contribution in [0.4, 0.5) is 5.69 Å². The first-order chi connectivity index (χ1) is 12.1. The number of carbonyl (C=O) groups is 1. The molecular formula is C20H32N2O3. The molecule has 1 unspecified atom stereocenters. The summed E-state index contributed by atoms with van der Waals surface area (Å²) in [7, 11) is 3.19. The molecule has 25 heavy (non-hydrogen) atoms. The van der Waals surface area contributed by atoms with E-state index in [1.807, 2.05) is 6.07 Å². The molecule has 1 amide bonds. The molecule has 2 rings (SSSR count). The number of nitrogens with one attached hydrogen (secondary N) is 2. The molecule has 140 valence electrons. The van der Waals surface area contributed by atoms with Crippen LogP contribution in [0.25, 0.3) is 0 Å². The number of anilines is 1. The van der Waals surface area contributed by atoms with Crippen molar-refractivity contribution in [2.75, 3.05) is 26.1 Å². The summed E-state index contributed by atoms with van der Waals surface area (Å²) >= 11 is 0. The monoisotopic (exact) mass is 348 g/mol. The van der Waals surface area contributed by atoms with Crippen molar-refractivity contribution in [1.29, 1.82) is 0 Å². The molecule has 1 fully saturated rings. The van der Waals surface area contributed by atoms with Crippen LogP contribution in [-0.2, 0) is 4.79 Å². The zero-order chi connectivity index (χ0) is 18.1. The van der Waals surface area contributed by atoms with Crippen molar-refractivity contribution in [2.24, 2.45) is 5.92 Å². The van der Waals surface area contributed by atoms with E-state index in [1.54, 1.807) is 26.4 Å². The third kappa shape index (κ3) is 6.58. The van der Waals surface area contributed by atoms with Gasteiger partial charge in [0, 0.05) is 18.5 Å². The van der Waals surface area contributed by atoms with Gasteiger partial charge in [0.05, 0.1) is 19.9 Å². The van der Waals surface area contributed by atoms with Crippen LogP contribution in [0.1, 0.15) is 51.9 Å². The van der Waals surface area contributed by atoms with Gasteiger partial charge in [-0.15, -0.1) is 0 Å². The van der Waals surface area contributed by atoms with Crippen LogP contribution in [0.3, 0.4) is 0 Å². The van der Waals surface area contributed by atoms with Crippen molar-refractivity contribution < 1.29 is 14.3 Å². The van der Waals surface area contributed by atoms with Crippen LogP contribution < -0.4 is 20.1 Å². The molecule has 0 aliphatic heterocycles. The molecule has 5 heteroatoms. The zero-order valence-corrected chi connectivity index (χ0v) is 15.8. The summed E-state index contributed by atoms with van der Waals surface area (Å²) in [6, 6.07) is 5.53. The van der Waals surface area contributed by atoms with E-state index >= 15 is 0 Å². The highest BCUT2D eigenvalue weighted by molar-refractivity contribution is 5.92. The number of methoxy groups -OCH3 is 2. The predicted molar refractivity (Wildman–Crippen MR) is 101 cm³/mol. The van der Waals surface area contributed by atoms with E-state index in [-0.39, 0.29) is 11.9 Å². The highest BCUT2D eigenvalue weighted by atomic mass is 16.5. The summed E-state index contributed by atoms with van der Waals surface area (Å²) in [5, 5.41) is 6.38. The van der Waals surface area contributed by atoms with Gasteiger partial charge in [-0.2, -0.15) is 0 Å². The Morgan fingerprint density at radius 3 is 2.68 bits per heavy atom. The summed E-state index contributed by atoms with van der Waals surface area (Å²) in [4.78, 5) is 12.3. The topological polar surface area (TPSA) is 59.6 Å². The van der Waals surface area contributed by atoms with Crippen LogP contribution in [0.5, 0.6) is 11.5 Å². The number of rotatable bonds is 10. The SMILES string of the molecule is COc1ccc(OC)c(NC(=O)CC(C)NCCCC2CCCC2)c1. The van der Waals surface area contributed by atoms with E-state index in [0.29, 0.717) is 23.6 Å². The Bertz CT molecular complexity index is 542. The zero-order valence-electron chi connectivity index (χ0n) is 15.8. The number of amides is 1. The third-order valence-electron chi connectivity index (χ3n) is 4.93. The van der Waals surface area contributed by atoms with E-state index in [0.717, 1.165) is 12.5 Å². The smallest absolute Gasteiger partial charge is 0.226 e. The minimum atomic E-state index is -0.0256. The van der Waals surface area contributed by atoms with Gasteiger partial charge in [-0.05, 0) is 44.4 Å². The second-order valence-electron chi connectivity index (χ2n) is 6.97. The number of hydrogen-bond donors (Lipinski definition) is 2. The summed E-state index contributed by atoms with van der Waals surface area (Å²) in [5.41, 5.74) is 0.639. The molecule has 0 saturated heterocycles. The van der Waals surface area contributed by atoms with E-state index in [4.69, 9.17) is 9.47 Å². The highest BCUT2D eigenvalue weighted by Crippen LogP contribution is 2.29. The van der Waals surface area contributed by atoms with Crippen LogP contribution in [0.15, 0.2) is 18.2 Å². The lowest BCUT2D eigenvalue weighted by atomic mass is 10.0. The van der Waals surface area contributed by atoms with E-state index in [2.05, 4.69) is 17.6 Å². The number of hydrogen-bond acceptors (Lipinski definition) is 4. The fourth-order valence-corrected chi connectivity index (χ4v) is 3.50. The van der Waals surface area contributed by atoms with Crippen LogP contribution >= 0.6 is 0 Å². The van der Waals surface area contributed by atoms with Gasteiger partial charge in [-0.25, -0.2) is 0 Å². The van der Waals surface area contributed by atoms with Crippen molar-refractivity contribution in [1.82, 2.24) is 5.32 Å². The van der Waals surface area contributed by atoms with Crippen LogP contribution in [0, 0.1) is 5.92 Å². The van der Waals surface area contributed by atoms with Crippen molar-refractivity contribution in [2.45, 2.75) is 57.9 Å². The average Bonchev–Trinajstić information content (AvgIpc) is 3.12. The second kappa shape index (κ2) is 10.3. The maximum Gasteiger partial charge on any atom is 0.226 e. The molecule has 1 aliphatic carbocycles. The Kier molecular flexibility index (Phi) is 8.06. The van der Waals surface area contributed by atoms with E-state index in [9.17, 15) is 4.79 Å². The minimum absolute atomic E-state index is 0.0256. The Morgan fingerprint density at radius 1 is 1.24 bits per heavy atom. The Labute approximate surface area is 151 Å². The standard InChI is InChI=1S/C20H32N2O3/c1-15(21-12-6-9-16-7-4-5-8-16)13-20(23)22-18-14-17(24-2)10-11-19(18)25-3/h10-11,14-16,21H,4-9,12-13H2,1-3H3,(H,22,23). The normalized spacial score (nSPS) is 15.8. The van der Waals surface area contributed by atoms with Gasteiger partial charge in [0.2, 0.25) is 5.91 Å². The number of benzene rings is 1. The number of carbonyl (C=O) groups excluding carboxylic acids is 1. The molecule has 2 N–H and O–H groups in total. The van der Waals surface area contributed by atoms with Crippen molar-refractivity contribution >= 4 is 11.6 Å². The highest BCUT2D eigenvalue weighted by Gasteiger charge is 2.15. The Morgan fingerprint density at radius 2 is 2.00 bits per heavy atom. The first kappa shape index (κ1) is 19.6. The molecule has 1 atom stereocenters. The second-order valence-corrected chi connectivity index (χ2v) is 6.97. The van der Waals surface area contributed by atoms with E-state index in [1.165, 1.54) is 38.5 Å². The molecule has 0 spiro atoms. The fourth-order valence-electron chi connectivity index (χ4n) is 3.50. The lowest BCUT2D eigenvalue weighted by molar-refractivity contribution is -0.116. The summed E-state index contributed by atoms with van der Waals surface area (Å²) in [6.07, 6.45) is 8.56. The lowest BCUT2D eigenvalue weighted by Gasteiger charge is -2.16. The quantitative estimate of drug-likeness (QED) is 0.628. The predicted octanol–water partition coefficient (Wildman–Crippen LogP) is 3.98. The Balaban J connectivity index is 1.71. The molecule has 0 bridgehead atoms. The van der Waals surface area contributed by atoms with Gasteiger partial charge in [0.1, 0.15) is 11.5 Å². The molecule has 1 aromatic carbocycles. The first-order valence-corrected chi connectivity index (χ1v) is 9.37. The molecule has 1 aliphatic rings. The maximum absolute atomic E-state index is 12.3. The molecule has 0 heterocycles. The molecule has 1 aromatic rings. The molecule has 1 saturated carbocycles. The van der Waals surface area contributed by atoms with Gasteiger partial charge in [-0.1, -0.05) is 25.7 Å². The van der Waals surface area contributed by atoms with E-state index < -0.39 is 0 Å². The van der Waals surface area contributed by atoms with Crippen molar-refractivity contribution in [3.8, 4) is 11.5 Å². The van der Waals surface area contributed by atoms with Gasteiger partial charge in [0.25, 0.3) is 0 Å². The van der Waals surface area contributed by atoms with Crippen LogP contribution in [0.2, 0.25) is 0 Å². The molecule has 5 nitrogen and oxygen atoms in total. The van der Waals surface area contributed by atoms with Gasteiger partial charge in [0.15, 0.2) is 0 Å². The van der Waals surface area contributed by atoms with Gasteiger partial charge >= 0.3 is 0 Å². The van der Waals surface area contributed by atoms with Crippen molar-refractivity contribution in [3.05, 3.63) is 18.2 Å². The minimum Gasteiger partial charge on any atom is -0.497 e. The molecular weight excluding hydrogens is 316 g/mol. The third-order valence-corrected chi connectivity index (χ3v) is 4.93. The maximum atomic E-state index is 12.3. The van der Waals surface area contributed by atoms with Crippen molar-refractivity contribution in [3.63, 3.8) is 0 Å². The van der Waals surface area contributed by atoms with Gasteiger partial charge in [-0.3, -0.25) is 4.79 Å². The first-order valence-electron chi connectivity index (χ1n) is 9.37. The fraction of sp³-hybridized carbons (Fsp3) is 0.650. The lowest BCUT2D eigenvalue weighted by Crippen LogP contribution is -2.31.